The number of ether oxygens (including phenoxy) is 1. The first-order valence-electron chi connectivity index (χ1n) is 4.30. The van der Waals surface area contributed by atoms with Gasteiger partial charge in [0, 0.05) is 13.1 Å². The van der Waals surface area contributed by atoms with E-state index in [1.165, 1.54) is 4.88 Å². The van der Waals surface area contributed by atoms with E-state index in [2.05, 4.69) is 11.0 Å². The van der Waals surface area contributed by atoms with Gasteiger partial charge in [0.25, 0.3) is 0 Å². The summed E-state index contributed by atoms with van der Waals surface area (Å²) in [6, 6.07) is 4.96. The van der Waals surface area contributed by atoms with Crippen molar-refractivity contribution in [3.8, 4) is 0 Å². The van der Waals surface area contributed by atoms with E-state index in [-0.39, 0.29) is 32.7 Å². The molecule has 72 valence electrons. The van der Waals surface area contributed by atoms with Gasteiger partial charge >= 0.3 is 32.7 Å². The zero-order valence-corrected chi connectivity index (χ0v) is 12.2. The molecule has 2 rings (SSSR count). The smallest absolute Gasteiger partial charge is 0.379 e. The van der Waals surface area contributed by atoms with Gasteiger partial charge in [0.05, 0.1) is 13.2 Å². The van der Waals surface area contributed by atoms with Gasteiger partial charge in [-0.05, 0) is 10.9 Å². The van der Waals surface area contributed by atoms with Gasteiger partial charge in [-0.1, -0.05) is 11.6 Å². The third-order valence-corrected chi connectivity index (χ3v) is 3.20. The monoisotopic (exact) mass is 305 g/mol. The van der Waals surface area contributed by atoms with Gasteiger partial charge in [-0.15, -0.1) is 4.88 Å². The fraction of sp³-hybridized carbons (Fsp3) is 0.556. The minimum absolute atomic E-state index is 0. The normalized spacial score (nSPS) is 17.8. The standard InChI is InChI=1S/C9H11ClNOS.Y/c10-9-2-1-8(13-9)7-11-3-5-12-6-4-11;/h1H,3-7H2;/q-1;+3. The van der Waals surface area contributed by atoms with Crippen LogP contribution in [0.3, 0.4) is 0 Å². The van der Waals surface area contributed by atoms with Crippen molar-refractivity contribution in [2.24, 2.45) is 0 Å². The molecule has 1 aliphatic rings. The fourth-order valence-electron chi connectivity index (χ4n) is 1.37. The van der Waals surface area contributed by atoms with Gasteiger partial charge in [0.2, 0.25) is 0 Å². The number of hydrogen-bond acceptors (Lipinski definition) is 3. The largest absolute Gasteiger partial charge is 3.00 e. The molecule has 1 saturated heterocycles. The Morgan fingerprint density at radius 2 is 2.21 bits per heavy atom. The molecule has 0 amide bonds. The summed E-state index contributed by atoms with van der Waals surface area (Å²) in [5, 5.41) is 0. The minimum Gasteiger partial charge on any atom is -0.379 e. The van der Waals surface area contributed by atoms with Gasteiger partial charge in [-0.2, -0.15) is 0 Å². The second-order valence-corrected chi connectivity index (χ2v) is 4.76. The van der Waals surface area contributed by atoms with Crippen LogP contribution in [0.2, 0.25) is 4.34 Å². The Kier molecular flexibility index (Phi) is 6.13. The van der Waals surface area contributed by atoms with E-state index in [0.29, 0.717) is 0 Å². The molecule has 0 aliphatic carbocycles. The van der Waals surface area contributed by atoms with E-state index >= 15 is 0 Å². The maximum atomic E-state index is 5.80. The molecule has 1 aromatic rings. The molecule has 0 spiro atoms. The Morgan fingerprint density at radius 3 is 2.79 bits per heavy atom. The Morgan fingerprint density at radius 1 is 1.50 bits per heavy atom. The van der Waals surface area contributed by atoms with E-state index in [4.69, 9.17) is 16.3 Å². The van der Waals surface area contributed by atoms with Crippen LogP contribution in [-0.2, 0) is 44.0 Å². The molecular weight excluding hydrogens is 295 g/mol. The number of morpholine rings is 1. The van der Waals surface area contributed by atoms with Crippen LogP contribution in [0.4, 0.5) is 0 Å². The van der Waals surface area contributed by atoms with Crippen LogP contribution in [0.25, 0.3) is 0 Å². The van der Waals surface area contributed by atoms with Crippen molar-refractivity contribution >= 4 is 22.9 Å². The van der Waals surface area contributed by atoms with E-state index < -0.39 is 0 Å². The molecular formula is C9H11ClNOSY+2. The van der Waals surface area contributed by atoms with Crippen LogP contribution < -0.4 is 0 Å². The first kappa shape index (κ1) is 13.1. The third-order valence-electron chi connectivity index (χ3n) is 2.05. The van der Waals surface area contributed by atoms with Crippen LogP contribution in [0, 0.1) is 6.07 Å². The minimum atomic E-state index is 0. The Bertz CT molecular complexity index is 276. The number of thiophene rings is 1. The Labute approximate surface area is 118 Å². The number of nitrogens with zero attached hydrogens (tertiary/aromatic N) is 1. The van der Waals surface area contributed by atoms with Crippen molar-refractivity contribution in [3.63, 3.8) is 0 Å². The van der Waals surface area contributed by atoms with Gasteiger partial charge in [-0.25, -0.2) is 23.5 Å². The second-order valence-electron chi connectivity index (χ2n) is 3.02. The van der Waals surface area contributed by atoms with Crippen molar-refractivity contribution in [1.29, 1.82) is 0 Å². The molecule has 1 aromatic heterocycles. The van der Waals surface area contributed by atoms with Gasteiger partial charge in [0.15, 0.2) is 0 Å². The molecule has 14 heavy (non-hydrogen) atoms. The summed E-state index contributed by atoms with van der Waals surface area (Å²) >= 11 is 7.41. The van der Waals surface area contributed by atoms with Crippen LogP contribution in [0.5, 0.6) is 0 Å². The van der Waals surface area contributed by atoms with Crippen molar-refractivity contribution < 1.29 is 37.4 Å². The maximum absolute atomic E-state index is 5.80. The molecule has 5 heteroatoms. The maximum Gasteiger partial charge on any atom is 3.00 e. The summed E-state index contributed by atoms with van der Waals surface area (Å²) in [4.78, 5) is 3.66. The quantitative estimate of drug-likeness (QED) is 0.775. The average molecular weight is 306 g/mol. The Balaban J connectivity index is 0.000000980. The van der Waals surface area contributed by atoms with Crippen LogP contribution in [-0.4, -0.2) is 31.2 Å². The zero-order chi connectivity index (χ0) is 9.10. The van der Waals surface area contributed by atoms with Crippen LogP contribution in [0.15, 0.2) is 6.07 Å². The molecule has 0 N–H and O–H groups in total. The number of rotatable bonds is 2. The summed E-state index contributed by atoms with van der Waals surface area (Å²) in [5.41, 5.74) is 0. The molecule has 0 saturated carbocycles. The topological polar surface area (TPSA) is 12.5 Å². The molecule has 0 radical (unpaired) electrons. The number of hydrogen-bond donors (Lipinski definition) is 0. The van der Waals surface area contributed by atoms with E-state index in [1.807, 2.05) is 6.07 Å². The second kappa shape index (κ2) is 6.56. The molecule has 0 atom stereocenters. The fourth-order valence-corrected chi connectivity index (χ4v) is 2.43. The molecule has 0 unspecified atom stereocenters. The predicted octanol–water partition coefficient (Wildman–Crippen LogP) is 2.03. The van der Waals surface area contributed by atoms with E-state index in [0.717, 1.165) is 37.2 Å². The van der Waals surface area contributed by atoms with Gasteiger partial charge in [-0.3, -0.25) is 0 Å². The molecule has 2 heterocycles. The van der Waals surface area contributed by atoms with Crippen molar-refractivity contribution in [1.82, 2.24) is 4.90 Å². The van der Waals surface area contributed by atoms with E-state index in [9.17, 15) is 0 Å². The van der Waals surface area contributed by atoms with Crippen LogP contribution in [0.1, 0.15) is 4.88 Å². The first-order chi connectivity index (χ1) is 6.34. The van der Waals surface area contributed by atoms with Gasteiger partial charge < -0.3 is 9.64 Å². The van der Waals surface area contributed by atoms with Crippen molar-refractivity contribution in [2.75, 3.05) is 26.3 Å². The van der Waals surface area contributed by atoms with Crippen LogP contribution >= 0.6 is 22.9 Å². The SMILES string of the molecule is Clc1[c-]cc(CN2CCOCC2)s1.[Y+3]. The van der Waals surface area contributed by atoms with Crippen molar-refractivity contribution in [3.05, 3.63) is 21.3 Å². The molecule has 1 fully saturated rings. The summed E-state index contributed by atoms with van der Waals surface area (Å²) < 4.78 is 6.02. The van der Waals surface area contributed by atoms with Crippen molar-refractivity contribution in [2.45, 2.75) is 6.54 Å². The van der Waals surface area contributed by atoms with Gasteiger partial charge in [0.1, 0.15) is 0 Å². The predicted molar refractivity (Wildman–Crippen MR) is 54.3 cm³/mol. The molecule has 0 bridgehead atoms. The first-order valence-corrected chi connectivity index (χ1v) is 5.50. The molecule has 2 nitrogen and oxygen atoms in total. The average Bonchev–Trinajstić information content (AvgIpc) is 2.53. The summed E-state index contributed by atoms with van der Waals surface area (Å²) in [6.45, 7) is 4.73. The van der Waals surface area contributed by atoms with E-state index in [1.54, 1.807) is 11.3 Å². The Hall–Kier alpha value is 1.01. The molecule has 1 aliphatic heterocycles. The third kappa shape index (κ3) is 3.88. The summed E-state index contributed by atoms with van der Waals surface area (Å²) in [7, 11) is 0. The number of halogens is 1. The molecule has 0 aromatic carbocycles. The summed E-state index contributed by atoms with van der Waals surface area (Å²) in [5.74, 6) is 0. The summed E-state index contributed by atoms with van der Waals surface area (Å²) in [6.07, 6.45) is 0. The zero-order valence-electron chi connectivity index (χ0n) is 7.83.